The van der Waals surface area contributed by atoms with Gasteiger partial charge in [0.05, 0.1) is 5.56 Å². The van der Waals surface area contributed by atoms with Crippen LogP contribution in [0.25, 0.3) is 32.7 Å². The summed E-state index contributed by atoms with van der Waals surface area (Å²) in [5.41, 5.74) is 13.3. The summed E-state index contributed by atoms with van der Waals surface area (Å²) in [6.45, 7) is 7.75. The molecule has 10 nitrogen and oxygen atoms in total. The second-order valence-corrected chi connectivity index (χ2v) is 12.1. The number of aliphatic imine (C=N–C) groups is 1. The Morgan fingerprint density at radius 1 is 0.769 bits per heavy atom. The zero-order chi connectivity index (χ0) is 36.9. The van der Waals surface area contributed by atoms with Crippen LogP contribution in [0.2, 0.25) is 0 Å². The van der Waals surface area contributed by atoms with E-state index in [-0.39, 0.29) is 42.8 Å². The van der Waals surface area contributed by atoms with Gasteiger partial charge in [0.2, 0.25) is 5.91 Å². The molecule has 10 heteroatoms. The van der Waals surface area contributed by atoms with Gasteiger partial charge in [-0.05, 0) is 64.7 Å². The Morgan fingerprint density at radius 2 is 1.40 bits per heavy atom. The minimum absolute atomic E-state index is 0.0546. The molecule has 0 aliphatic carbocycles. The van der Waals surface area contributed by atoms with Crippen molar-refractivity contribution in [2.24, 2.45) is 22.4 Å². The van der Waals surface area contributed by atoms with Gasteiger partial charge in [-0.3, -0.25) is 14.6 Å². The summed E-state index contributed by atoms with van der Waals surface area (Å²) in [7, 11) is 0. The number of esters is 1. The van der Waals surface area contributed by atoms with Crippen LogP contribution in [0.15, 0.2) is 127 Å². The van der Waals surface area contributed by atoms with E-state index in [1.807, 2.05) is 72.8 Å². The molecule has 1 atom stereocenters. The molecular weight excluding hydrogens is 656 g/mol. The molecule has 52 heavy (non-hydrogen) atoms. The number of carbonyl (C=O) groups excluding carboxylic acids is 3. The Kier molecular flexibility index (Phi) is 12.8. The number of nitrogens with one attached hydrogen (secondary N) is 1. The lowest BCUT2D eigenvalue weighted by Crippen LogP contribution is -2.27. The van der Waals surface area contributed by atoms with Crippen molar-refractivity contribution in [3.05, 3.63) is 128 Å². The van der Waals surface area contributed by atoms with Crippen molar-refractivity contribution in [2.75, 3.05) is 31.7 Å². The summed E-state index contributed by atoms with van der Waals surface area (Å²) < 4.78 is 17.6. The third kappa shape index (κ3) is 9.42. The van der Waals surface area contributed by atoms with Crippen LogP contribution >= 0.6 is 0 Å². The summed E-state index contributed by atoms with van der Waals surface area (Å²) in [5.74, 6) is -0.837. The summed E-state index contributed by atoms with van der Waals surface area (Å²) in [6.07, 6.45) is 3.85. The molecule has 0 heterocycles. The average molecular weight is 699 g/mol. The zero-order valence-electron chi connectivity index (χ0n) is 28.9. The number of nitrogens with two attached hydrogens (primary N) is 2. The van der Waals surface area contributed by atoms with Crippen molar-refractivity contribution in [3.8, 4) is 22.6 Å². The molecular formula is C42H42N4O6. The molecule has 0 unspecified atom stereocenters. The van der Waals surface area contributed by atoms with E-state index in [4.69, 9.17) is 25.7 Å². The zero-order valence-corrected chi connectivity index (χ0v) is 28.9. The highest BCUT2D eigenvalue weighted by Crippen LogP contribution is 2.45. The average Bonchev–Trinajstić information content (AvgIpc) is 3.16. The van der Waals surface area contributed by atoms with Gasteiger partial charge in [-0.2, -0.15) is 0 Å². The van der Waals surface area contributed by atoms with Crippen LogP contribution in [-0.2, 0) is 14.3 Å². The van der Waals surface area contributed by atoms with Gasteiger partial charge in [-0.1, -0.05) is 92.0 Å². The van der Waals surface area contributed by atoms with Crippen molar-refractivity contribution in [2.45, 2.75) is 19.3 Å². The number of hydrogen-bond acceptors (Lipinski definition) is 7. The second kappa shape index (κ2) is 18.0. The molecule has 5 aromatic carbocycles. The van der Waals surface area contributed by atoms with E-state index >= 15 is 0 Å². The number of fused-ring (bicyclic) bond motifs is 2. The summed E-state index contributed by atoms with van der Waals surface area (Å²) in [4.78, 5) is 43.6. The monoisotopic (exact) mass is 698 g/mol. The molecule has 5 rings (SSSR count). The quantitative estimate of drug-likeness (QED) is 0.0285. The highest BCUT2D eigenvalue weighted by molar-refractivity contribution is 6.10. The summed E-state index contributed by atoms with van der Waals surface area (Å²) in [5, 5.41) is 6.76. The predicted molar refractivity (Wildman–Crippen MR) is 207 cm³/mol. The van der Waals surface area contributed by atoms with Crippen LogP contribution in [-0.4, -0.2) is 50.0 Å². The minimum Gasteiger partial charge on any atom is -0.489 e. The maximum atomic E-state index is 13.6. The Bertz CT molecular complexity index is 2120. The smallest absolute Gasteiger partial charge is 0.338 e. The molecule has 1 amide bonds. The minimum atomic E-state index is -0.727. The van der Waals surface area contributed by atoms with Crippen molar-refractivity contribution in [1.29, 1.82) is 0 Å². The molecule has 0 bridgehead atoms. The SMILES string of the molecule is C=CCOC(=O)c1cccc(NC(=O)[C@@H](CCCN=C(N)N)CC(=O)COc2ccc3ccccc3c2-c2c(OCC=C)ccc3ccccc23)c1. The first-order chi connectivity index (χ1) is 25.3. The van der Waals surface area contributed by atoms with E-state index in [1.165, 1.54) is 12.1 Å². The fourth-order valence-corrected chi connectivity index (χ4v) is 5.96. The van der Waals surface area contributed by atoms with Crippen molar-refractivity contribution < 1.29 is 28.6 Å². The number of rotatable bonds is 18. The first-order valence-corrected chi connectivity index (χ1v) is 17.0. The standard InChI is InChI=1S/C42H42N4O6/c1-3-23-50-36-20-18-28-11-5-7-16-34(28)38(36)39-35-17-8-6-12-29(35)19-21-37(39)52-27-33(47)26-30(14-10-22-45-42(43)44)40(48)46-32-15-9-13-31(25-32)41(49)51-24-4-2/h3-9,11-13,15-21,25,30H,1-2,10,14,22-24,26-27H2,(H,46,48)(H4,43,44,45)/t30-/m0/s1. The van der Waals surface area contributed by atoms with Gasteiger partial charge >= 0.3 is 5.97 Å². The summed E-state index contributed by atoms with van der Waals surface area (Å²) in [6, 6.07) is 30.2. The van der Waals surface area contributed by atoms with Crippen molar-refractivity contribution in [3.63, 3.8) is 0 Å². The van der Waals surface area contributed by atoms with Crippen LogP contribution in [0, 0.1) is 5.92 Å². The van der Waals surface area contributed by atoms with Crippen LogP contribution in [0.5, 0.6) is 11.5 Å². The lowest BCUT2D eigenvalue weighted by molar-refractivity contribution is -0.127. The lowest BCUT2D eigenvalue weighted by atomic mass is 9.92. The van der Waals surface area contributed by atoms with E-state index in [9.17, 15) is 14.4 Å². The maximum Gasteiger partial charge on any atom is 0.338 e. The first kappa shape index (κ1) is 36.9. The van der Waals surface area contributed by atoms with E-state index in [1.54, 1.807) is 24.3 Å². The molecule has 0 spiro atoms. The molecule has 0 fully saturated rings. The molecule has 0 aromatic heterocycles. The molecule has 5 aromatic rings. The largest absolute Gasteiger partial charge is 0.489 e. The van der Waals surface area contributed by atoms with E-state index in [0.29, 0.717) is 43.2 Å². The maximum absolute atomic E-state index is 13.6. The number of guanidine groups is 1. The number of benzene rings is 5. The predicted octanol–water partition coefficient (Wildman–Crippen LogP) is 7.21. The number of ketones is 1. The van der Waals surface area contributed by atoms with Gasteiger partial charge in [-0.25, -0.2) is 4.79 Å². The number of Topliss-reactive ketones (excluding diaryl/α,β-unsaturated/α-hetero) is 1. The Labute approximate surface area is 302 Å². The molecule has 5 N–H and O–H groups in total. The second-order valence-electron chi connectivity index (χ2n) is 12.1. The molecule has 0 aliphatic heterocycles. The van der Waals surface area contributed by atoms with Gasteiger partial charge in [0.15, 0.2) is 11.7 Å². The number of hydrogen-bond donors (Lipinski definition) is 3. The number of amides is 1. The number of ether oxygens (including phenoxy) is 3. The van der Waals surface area contributed by atoms with Crippen LogP contribution < -0.4 is 26.3 Å². The van der Waals surface area contributed by atoms with Crippen LogP contribution in [0.3, 0.4) is 0 Å². The highest BCUT2D eigenvalue weighted by Gasteiger charge is 2.24. The molecule has 266 valence electrons. The number of nitrogens with zero attached hydrogens (tertiary/aromatic N) is 1. The van der Waals surface area contributed by atoms with Crippen molar-refractivity contribution >= 4 is 50.9 Å². The van der Waals surface area contributed by atoms with Gasteiger partial charge in [0, 0.05) is 35.7 Å². The van der Waals surface area contributed by atoms with Gasteiger partial charge in [0.1, 0.15) is 31.3 Å². The van der Waals surface area contributed by atoms with Crippen LogP contribution in [0.4, 0.5) is 5.69 Å². The molecule has 0 aliphatic rings. The Balaban J connectivity index is 1.41. The number of anilines is 1. The summed E-state index contributed by atoms with van der Waals surface area (Å²) >= 11 is 0. The third-order valence-corrected chi connectivity index (χ3v) is 8.32. The van der Waals surface area contributed by atoms with Gasteiger partial charge in [-0.15, -0.1) is 0 Å². The van der Waals surface area contributed by atoms with E-state index in [2.05, 4.69) is 23.5 Å². The number of carbonyl (C=O) groups is 3. The fraction of sp³-hybridized carbons (Fsp3) is 0.190. The molecule has 0 saturated heterocycles. The third-order valence-electron chi connectivity index (χ3n) is 8.32. The fourth-order valence-electron chi connectivity index (χ4n) is 5.96. The molecule has 0 radical (unpaired) electrons. The highest BCUT2D eigenvalue weighted by atomic mass is 16.5. The Hall–Kier alpha value is -6.42. The van der Waals surface area contributed by atoms with E-state index < -0.39 is 11.9 Å². The van der Waals surface area contributed by atoms with Gasteiger partial charge < -0.3 is 31.0 Å². The van der Waals surface area contributed by atoms with Gasteiger partial charge in [0.25, 0.3) is 0 Å². The normalized spacial score (nSPS) is 11.3. The van der Waals surface area contributed by atoms with Crippen molar-refractivity contribution in [1.82, 2.24) is 0 Å². The molecule has 0 saturated carbocycles. The van der Waals surface area contributed by atoms with Crippen LogP contribution in [0.1, 0.15) is 29.6 Å². The lowest BCUT2D eigenvalue weighted by Gasteiger charge is -2.20. The first-order valence-electron chi connectivity index (χ1n) is 17.0. The topological polar surface area (TPSA) is 155 Å². The van der Waals surface area contributed by atoms with E-state index in [0.717, 1.165) is 32.7 Å². The Morgan fingerprint density at radius 3 is 2.04 bits per heavy atom.